The maximum atomic E-state index is 12.8. The van der Waals surface area contributed by atoms with Gasteiger partial charge < -0.3 is 10.2 Å². The number of nitrogens with zero attached hydrogens (tertiary/aromatic N) is 1. The number of anilines is 1. The Balaban J connectivity index is 1.73. The average molecular weight is 300 g/mol. The lowest BCUT2D eigenvalue weighted by atomic mass is 9.78. The summed E-state index contributed by atoms with van der Waals surface area (Å²) in [5.41, 5.74) is 1.46. The molecule has 4 heteroatoms. The van der Waals surface area contributed by atoms with Crippen LogP contribution in [-0.2, 0) is 4.79 Å². The van der Waals surface area contributed by atoms with E-state index in [9.17, 15) is 9.59 Å². The highest BCUT2D eigenvalue weighted by Crippen LogP contribution is 2.35. The quantitative estimate of drug-likeness (QED) is 0.909. The predicted molar refractivity (Wildman–Crippen MR) is 86.8 cm³/mol. The number of carbonyl (C=O) groups is 2. The summed E-state index contributed by atoms with van der Waals surface area (Å²) in [6.45, 7) is 2.36. The summed E-state index contributed by atoms with van der Waals surface area (Å²) in [4.78, 5) is 26.0. The molecule has 1 aromatic carbocycles. The zero-order valence-electron chi connectivity index (χ0n) is 13.2. The van der Waals surface area contributed by atoms with Gasteiger partial charge in [-0.25, -0.2) is 0 Å². The summed E-state index contributed by atoms with van der Waals surface area (Å²) >= 11 is 0. The molecule has 2 aliphatic rings. The molecule has 1 saturated heterocycles. The number of benzene rings is 1. The van der Waals surface area contributed by atoms with Crippen LogP contribution in [0, 0.1) is 5.92 Å². The predicted octanol–water partition coefficient (Wildman–Crippen LogP) is 3.44. The highest BCUT2D eigenvalue weighted by Gasteiger charge is 2.35. The van der Waals surface area contributed by atoms with Gasteiger partial charge in [0.2, 0.25) is 5.91 Å². The molecule has 0 bridgehead atoms. The van der Waals surface area contributed by atoms with Gasteiger partial charge in [-0.2, -0.15) is 0 Å². The summed E-state index contributed by atoms with van der Waals surface area (Å²) in [5, 5.41) is 2.73. The van der Waals surface area contributed by atoms with E-state index in [4.69, 9.17) is 0 Å². The molecule has 22 heavy (non-hydrogen) atoms. The highest BCUT2D eigenvalue weighted by atomic mass is 16.2. The Kier molecular flexibility index (Phi) is 4.46. The van der Waals surface area contributed by atoms with Gasteiger partial charge in [-0.3, -0.25) is 9.59 Å². The third-order valence-corrected chi connectivity index (χ3v) is 4.96. The number of rotatable bonds is 2. The van der Waals surface area contributed by atoms with Crippen LogP contribution in [0.1, 0.15) is 55.8 Å². The second kappa shape index (κ2) is 6.51. The normalized spacial score (nSPS) is 24.5. The molecule has 2 amide bonds. The lowest BCUT2D eigenvalue weighted by Crippen LogP contribution is -2.49. The van der Waals surface area contributed by atoms with Gasteiger partial charge in [-0.1, -0.05) is 12.8 Å². The zero-order chi connectivity index (χ0) is 15.5. The van der Waals surface area contributed by atoms with Gasteiger partial charge in [0.05, 0.1) is 0 Å². The molecule has 1 N–H and O–H groups in total. The fraction of sp³-hybridized carbons (Fsp3) is 0.556. The van der Waals surface area contributed by atoms with Gasteiger partial charge >= 0.3 is 0 Å². The van der Waals surface area contributed by atoms with E-state index in [2.05, 4.69) is 10.2 Å². The summed E-state index contributed by atoms with van der Waals surface area (Å²) in [6, 6.07) is 7.68. The summed E-state index contributed by atoms with van der Waals surface area (Å²) < 4.78 is 0. The standard InChI is InChI=1S/C18H24N2O2/c1-13(21)19-16-10-8-15(9-11-16)18(22)20-12-4-6-14-5-2-3-7-17(14)20/h8-11,14,17H,2-7,12H2,1H3,(H,19,21). The minimum absolute atomic E-state index is 0.0971. The largest absolute Gasteiger partial charge is 0.335 e. The van der Waals surface area contributed by atoms with E-state index < -0.39 is 0 Å². The minimum atomic E-state index is -0.0971. The van der Waals surface area contributed by atoms with E-state index in [1.165, 1.54) is 32.6 Å². The number of carbonyl (C=O) groups excluding carboxylic acids is 2. The number of hydrogen-bond donors (Lipinski definition) is 1. The lowest BCUT2D eigenvalue weighted by Gasteiger charge is -2.44. The van der Waals surface area contributed by atoms with Crippen molar-refractivity contribution >= 4 is 17.5 Å². The minimum Gasteiger partial charge on any atom is -0.335 e. The first-order valence-electron chi connectivity index (χ1n) is 8.34. The van der Waals surface area contributed by atoms with Crippen molar-refractivity contribution in [3.63, 3.8) is 0 Å². The molecular weight excluding hydrogens is 276 g/mol. The van der Waals surface area contributed by atoms with Gasteiger partial charge in [0, 0.05) is 30.8 Å². The Morgan fingerprint density at radius 2 is 1.73 bits per heavy atom. The van der Waals surface area contributed by atoms with E-state index in [-0.39, 0.29) is 11.8 Å². The molecule has 1 aliphatic heterocycles. The zero-order valence-corrected chi connectivity index (χ0v) is 13.2. The lowest BCUT2D eigenvalue weighted by molar-refractivity contribution is -0.114. The van der Waals surface area contributed by atoms with Crippen LogP contribution in [0.25, 0.3) is 0 Å². The first kappa shape index (κ1) is 15.1. The van der Waals surface area contributed by atoms with Crippen LogP contribution in [0.4, 0.5) is 5.69 Å². The number of piperidine rings is 1. The molecule has 1 aromatic rings. The van der Waals surface area contributed by atoms with Crippen LogP contribution in [0.15, 0.2) is 24.3 Å². The third-order valence-electron chi connectivity index (χ3n) is 4.96. The molecule has 0 radical (unpaired) electrons. The fourth-order valence-corrected chi connectivity index (χ4v) is 3.94. The van der Waals surface area contributed by atoms with Crippen molar-refractivity contribution in [2.45, 2.75) is 51.5 Å². The molecule has 2 unspecified atom stereocenters. The SMILES string of the molecule is CC(=O)Nc1ccc(C(=O)N2CCCC3CCCCC32)cc1. The van der Waals surface area contributed by atoms with E-state index >= 15 is 0 Å². The van der Waals surface area contributed by atoms with Gasteiger partial charge in [0.15, 0.2) is 0 Å². The summed E-state index contributed by atoms with van der Waals surface area (Å²) in [5.74, 6) is 0.747. The van der Waals surface area contributed by atoms with Crippen LogP contribution in [-0.4, -0.2) is 29.3 Å². The third kappa shape index (κ3) is 3.16. The molecule has 0 aromatic heterocycles. The second-order valence-corrected chi connectivity index (χ2v) is 6.51. The summed E-state index contributed by atoms with van der Waals surface area (Å²) in [6.07, 6.45) is 7.38. The van der Waals surface area contributed by atoms with Crippen molar-refractivity contribution in [3.8, 4) is 0 Å². The first-order chi connectivity index (χ1) is 10.6. The van der Waals surface area contributed by atoms with E-state index in [1.807, 2.05) is 12.1 Å². The van der Waals surface area contributed by atoms with Gasteiger partial charge in [-0.15, -0.1) is 0 Å². The van der Waals surface area contributed by atoms with E-state index in [0.717, 1.165) is 30.6 Å². The topological polar surface area (TPSA) is 49.4 Å². The maximum Gasteiger partial charge on any atom is 0.254 e. The molecule has 1 heterocycles. The summed E-state index contributed by atoms with van der Waals surface area (Å²) in [7, 11) is 0. The van der Waals surface area contributed by atoms with Crippen molar-refractivity contribution in [3.05, 3.63) is 29.8 Å². The van der Waals surface area contributed by atoms with Crippen molar-refractivity contribution in [2.24, 2.45) is 5.92 Å². The Bertz CT molecular complexity index is 551. The van der Waals surface area contributed by atoms with Gasteiger partial charge in [0.25, 0.3) is 5.91 Å². The van der Waals surface area contributed by atoms with Crippen LogP contribution >= 0.6 is 0 Å². The highest BCUT2D eigenvalue weighted by molar-refractivity contribution is 5.95. The molecular formula is C18H24N2O2. The van der Waals surface area contributed by atoms with Crippen molar-refractivity contribution in [1.29, 1.82) is 0 Å². The Morgan fingerprint density at radius 3 is 2.45 bits per heavy atom. The second-order valence-electron chi connectivity index (χ2n) is 6.51. The van der Waals surface area contributed by atoms with E-state index in [1.54, 1.807) is 12.1 Å². The first-order valence-corrected chi connectivity index (χ1v) is 8.34. The van der Waals surface area contributed by atoms with Crippen LogP contribution in [0.5, 0.6) is 0 Å². The number of amides is 2. The van der Waals surface area contributed by atoms with Gasteiger partial charge in [0.1, 0.15) is 0 Å². The van der Waals surface area contributed by atoms with E-state index in [0.29, 0.717) is 12.0 Å². The van der Waals surface area contributed by atoms with Gasteiger partial charge in [-0.05, 0) is 55.9 Å². The molecule has 1 saturated carbocycles. The van der Waals surface area contributed by atoms with Crippen LogP contribution < -0.4 is 5.32 Å². The van der Waals surface area contributed by atoms with Crippen molar-refractivity contribution in [1.82, 2.24) is 4.90 Å². The van der Waals surface area contributed by atoms with Crippen molar-refractivity contribution < 1.29 is 9.59 Å². The molecule has 118 valence electrons. The fourth-order valence-electron chi connectivity index (χ4n) is 3.94. The maximum absolute atomic E-state index is 12.8. The Hall–Kier alpha value is -1.84. The molecule has 4 nitrogen and oxygen atoms in total. The van der Waals surface area contributed by atoms with Crippen molar-refractivity contribution in [2.75, 3.05) is 11.9 Å². The number of likely N-dealkylation sites (tertiary alicyclic amines) is 1. The molecule has 3 rings (SSSR count). The number of nitrogens with one attached hydrogen (secondary N) is 1. The smallest absolute Gasteiger partial charge is 0.254 e. The average Bonchev–Trinajstić information content (AvgIpc) is 2.54. The van der Waals surface area contributed by atoms with Crippen LogP contribution in [0.3, 0.4) is 0 Å². The molecule has 2 fully saturated rings. The molecule has 0 spiro atoms. The molecule has 1 aliphatic carbocycles. The Labute approximate surface area is 131 Å². The monoisotopic (exact) mass is 300 g/mol. The number of hydrogen-bond acceptors (Lipinski definition) is 2. The number of fused-ring (bicyclic) bond motifs is 1. The Morgan fingerprint density at radius 1 is 1.05 bits per heavy atom. The van der Waals surface area contributed by atoms with Crippen LogP contribution in [0.2, 0.25) is 0 Å². The molecule has 2 atom stereocenters.